The van der Waals surface area contributed by atoms with Crippen molar-refractivity contribution in [1.82, 2.24) is 4.98 Å². The van der Waals surface area contributed by atoms with Crippen LogP contribution in [0.4, 0.5) is 0 Å². The normalized spacial score (nSPS) is 12.8. The number of fused-ring (bicyclic) bond motifs is 2. The summed E-state index contributed by atoms with van der Waals surface area (Å²) in [6.07, 6.45) is 0.141. The fourth-order valence-electron chi connectivity index (χ4n) is 2.85. The molecular weight excluding hydrogens is 386 g/mol. The Labute approximate surface area is 164 Å². The van der Waals surface area contributed by atoms with Crippen LogP contribution < -0.4 is 15.1 Å². The van der Waals surface area contributed by atoms with Crippen molar-refractivity contribution in [3.05, 3.63) is 63.1 Å². The molecular formula is C20H16ClNO6. The summed E-state index contributed by atoms with van der Waals surface area (Å²) in [5.41, 5.74) is 1.31. The van der Waals surface area contributed by atoms with Gasteiger partial charge in [0.1, 0.15) is 31.0 Å². The predicted molar refractivity (Wildman–Crippen MR) is 101 cm³/mol. The number of carbonyl (C=O) groups excluding carboxylic acids is 1. The fraction of sp³-hybridized carbons (Fsp3) is 0.250. The van der Waals surface area contributed by atoms with E-state index in [-0.39, 0.29) is 25.1 Å². The van der Waals surface area contributed by atoms with Crippen LogP contribution in [0.2, 0.25) is 5.02 Å². The Balaban J connectivity index is 1.37. The van der Waals surface area contributed by atoms with Crippen LogP contribution in [0, 0.1) is 0 Å². The number of benzene rings is 2. The lowest BCUT2D eigenvalue weighted by Gasteiger charge is -2.20. The third-order valence-electron chi connectivity index (χ3n) is 4.18. The molecule has 0 atom stereocenters. The van der Waals surface area contributed by atoms with Crippen LogP contribution in [0.15, 0.2) is 45.6 Å². The minimum Gasteiger partial charge on any atom is -0.486 e. The zero-order chi connectivity index (χ0) is 19.5. The van der Waals surface area contributed by atoms with Gasteiger partial charge in [0.2, 0.25) is 0 Å². The van der Waals surface area contributed by atoms with Gasteiger partial charge in [-0.1, -0.05) is 23.7 Å². The summed E-state index contributed by atoms with van der Waals surface area (Å²) >= 11 is 6.17. The molecule has 7 nitrogen and oxygen atoms in total. The molecule has 144 valence electrons. The van der Waals surface area contributed by atoms with E-state index >= 15 is 0 Å². The number of rotatable bonds is 5. The first-order chi connectivity index (χ1) is 13.6. The molecule has 3 aromatic rings. The van der Waals surface area contributed by atoms with Crippen molar-refractivity contribution in [3.63, 3.8) is 0 Å². The summed E-state index contributed by atoms with van der Waals surface area (Å²) in [6, 6.07) is 10.4. The zero-order valence-electron chi connectivity index (χ0n) is 14.8. The highest BCUT2D eigenvalue weighted by atomic mass is 35.5. The van der Waals surface area contributed by atoms with Gasteiger partial charge in [0, 0.05) is 6.42 Å². The van der Waals surface area contributed by atoms with Gasteiger partial charge in [-0.3, -0.25) is 4.79 Å². The van der Waals surface area contributed by atoms with E-state index in [1.807, 2.05) is 0 Å². The Morgan fingerprint density at radius 2 is 2.00 bits per heavy atom. The second-order valence-corrected chi connectivity index (χ2v) is 6.59. The number of ether oxygens (including phenoxy) is 3. The third-order valence-corrected chi connectivity index (χ3v) is 4.46. The molecule has 0 spiro atoms. The van der Waals surface area contributed by atoms with Crippen LogP contribution in [-0.4, -0.2) is 24.2 Å². The maximum absolute atomic E-state index is 12.1. The summed E-state index contributed by atoms with van der Waals surface area (Å²) in [6.45, 7) is 0.917. The third kappa shape index (κ3) is 3.94. The van der Waals surface area contributed by atoms with Gasteiger partial charge in [-0.15, -0.1) is 0 Å². The number of hydrogen-bond donors (Lipinski definition) is 0. The van der Waals surface area contributed by atoms with E-state index in [1.54, 1.807) is 36.4 Å². The van der Waals surface area contributed by atoms with Crippen molar-refractivity contribution >= 4 is 28.7 Å². The van der Waals surface area contributed by atoms with Crippen molar-refractivity contribution in [2.24, 2.45) is 0 Å². The second kappa shape index (κ2) is 7.90. The van der Waals surface area contributed by atoms with Crippen LogP contribution in [0.3, 0.4) is 0 Å². The number of aromatic nitrogens is 1. The monoisotopic (exact) mass is 401 g/mol. The van der Waals surface area contributed by atoms with E-state index in [4.69, 9.17) is 30.2 Å². The molecule has 8 heteroatoms. The highest BCUT2D eigenvalue weighted by Gasteiger charge is 2.17. The zero-order valence-corrected chi connectivity index (χ0v) is 15.5. The van der Waals surface area contributed by atoms with Gasteiger partial charge in [0.15, 0.2) is 17.1 Å². The number of nitrogens with zero attached hydrogens (tertiary/aromatic N) is 1. The van der Waals surface area contributed by atoms with Crippen molar-refractivity contribution in [2.75, 3.05) is 13.2 Å². The maximum Gasteiger partial charge on any atom is 0.358 e. The van der Waals surface area contributed by atoms with Crippen molar-refractivity contribution in [3.8, 4) is 11.5 Å². The SMILES string of the molecule is O=C(CCc1nc2ccccc2oc1=O)OCc1cc(Cl)c2c(c1)OCCO2. The summed E-state index contributed by atoms with van der Waals surface area (Å²) in [4.78, 5) is 28.3. The number of aryl methyl sites for hydroxylation is 1. The molecule has 2 aromatic carbocycles. The fourth-order valence-corrected chi connectivity index (χ4v) is 3.14. The van der Waals surface area contributed by atoms with E-state index in [1.165, 1.54) is 0 Å². The molecule has 1 aliphatic heterocycles. The standard InChI is InChI=1S/C20H16ClNO6/c21-13-9-12(10-17-19(13)26-8-7-25-17)11-27-18(23)6-5-15-20(24)28-16-4-2-1-3-14(16)22-15/h1-4,9-10H,5-8,11H2. The summed E-state index contributed by atoms with van der Waals surface area (Å²) in [5, 5.41) is 0.404. The Morgan fingerprint density at radius 1 is 1.18 bits per heavy atom. The Kier molecular flexibility index (Phi) is 5.16. The Bertz CT molecular complexity index is 1090. The molecule has 0 radical (unpaired) electrons. The molecule has 0 N–H and O–H groups in total. The van der Waals surface area contributed by atoms with Crippen LogP contribution in [0.1, 0.15) is 17.7 Å². The molecule has 0 bridgehead atoms. The van der Waals surface area contributed by atoms with Gasteiger partial charge < -0.3 is 18.6 Å². The van der Waals surface area contributed by atoms with E-state index in [0.29, 0.717) is 46.4 Å². The molecule has 1 aromatic heterocycles. The molecule has 0 fully saturated rings. The van der Waals surface area contributed by atoms with Crippen LogP contribution >= 0.6 is 11.6 Å². The lowest BCUT2D eigenvalue weighted by atomic mass is 10.2. The van der Waals surface area contributed by atoms with E-state index < -0.39 is 11.6 Å². The quantitative estimate of drug-likeness (QED) is 0.606. The van der Waals surface area contributed by atoms with Gasteiger partial charge in [-0.2, -0.15) is 0 Å². The van der Waals surface area contributed by atoms with Gasteiger partial charge >= 0.3 is 11.6 Å². The topological polar surface area (TPSA) is 87.9 Å². The molecule has 1 aliphatic rings. The van der Waals surface area contributed by atoms with E-state index in [0.717, 1.165) is 0 Å². The predicted octanol–water partition coefficient (Wildman–Crippen LogP) is 3.29. The lowest BCUT2D eigenvalue weighted by Crippen LogP contribution is -2.16. The summed E-state index contributed by atoms with van der Waals surface area (Å²) < 4.78 is 21.4. The molecule has 0 saturated heterocycles. The van der Waals surface area contributed by atoms with Crippen LogP contribution in [-0.2, 0) is 22.6 Å². The number of halogens is 1. The van der Waals surface area contributed by atoms with Gasteiger partial charge in [-0.05, 0) is 29.8 Å². The molecule has 0 saturated carbocycles. The van der Waals surface area contributed by atoms with Gasteiger partial charge in [0.25, 0.3) is 0 Å². The van der Waals surface area contributed by atoms with Crippen molar-refractivity contribution in [2.45, 2.75) is 19.4 Å². The number of esters is 1. The molecule has 0 unspecified atom stereocenters. The van der Waals surface area contributed by atoms with Gasteiger partial charge in [-0.25, -0.2) is 9.78 Å². The Morgan fingerprint density at radius 3 is 2.89 bits per heavy atom. The average Bonchev–Trinajstić information content (AvgIpc) is 2.70. The number of para-hydroxylation sites is 2. The average molecular weight is 402 g/mol. The lowest BCUT2D eigenvalue weighted by molar-refractivity contribution is -0.144. The summed E-state index contributed by atoms with van der Waals surface area (Å²) in [7, 11) is 0. The molecule has 4 rings (SSSR count). The van der Waals surface area contributed by atoms with E-state index in [9.17, 15) is 9.59 Å². The minimum atomic E-state index is -0.551. The maximum atomic E-state index is 12.1. The molecule has 28 heavy (non-hydrogen) atoms. The second-order valence-electron chi connectivity index (χ2n) is 6.18. The first-order valence-electron chi connectivity index (χ1n) is 8.72. The largest absolute Gasteiger partial charge is 0.486 e. The highest BCUT2D eigenvalue weighted by molar-refractivity contribution is 6.32. The van der Waals surface area contributed by atoms with Crippen LogP contribution in [0.25, 0.3) is 11.1 Å². The number of carbonyl (C=O) groups is 1. The summed E-state index contributed by atoms with van der Waals surface area (Å²) in [5.74, 6) is 0.570. The van der Waals surface area contributed by atoms with E-state index in [2.05, 4.69) is 4.98 Å². The van der Waals surface area contributed by atoms with Crippen molar-refractivity contribution in [1.29, 1.82) is 0 Å². The molecule has 0 aliphatic carbocycles. The first kappa shape index (κ1) is 18.3. The minimum absolute atomic E-state index is 0.00832. The first-order valence-corrected chi connectivity index (χ1v) is 9.10. The Hall–Kier alpha value is -3.06. The highest BCUT2D eigenvalue weighted by Crippen LogP contribution is 2.38. The van der Waals surface area contributed by atoms with Crippen LogP contribution in [0.5, 0.6) is 11.5 Å². The number of hydrogen-bond acceptors (Lipinski definition) is 7. The van der Waals surface area contributed by atoms with Crippen molar-refractivity contribution < 1.29 is 23.4 Å². The molecule has 0 amide bonds. The van der Waals surface area contributed by atoms with Gasteiger partial charge in [0.05, 0.1) is 11.4 Å². The smallest absolute Gasteiger partial charge is 0.358 e. The molecule has 2 heterocycles.